The van der Waals surface area contributed by atoms with Gasteiger partial charge in [-0.1, -0.05) is 34.1 Å². The lowest BCUT2D eigenvalue weighted by Crippen LogP contribution is -2.38. The largest absolute Gasteiger partial charge is 0.354 e. The molecule has 0 aromatic heterocycles. The molecule has 3 N–H and O–H groups in total. The number of benzene rings is 2. The molecule has 3 amide bonds. The highest BCUT2D eigenvalue weighted by atomic mass is 79.9. The number of nitrogens with one attached hydrogen (secondary N) is 3. The van der Waals surface area contributed by atoms with Crippen molar-refractivity contribution in [2.45, 2.75) is 13.3 Å². The molecule has 0 unspecified atom stereocenters. The smallest absolute Gasteiger partial charge is 0.254 e. The van der Waals surface area contributed by atoms with Crippen LogP contribution in [0.4, 0.5) is 10.1 Å². The standard InChI is InChI=1S/C19H19BrFN3O3/c1-12-6-7-13(20)10-16(12)24-17(25)8-9-22-18(26)11-23-19(27)14-4-2-3-5-15(14)21/h2-7,10H,8-9,11H2,1H3,(H,22,26)(H,23,27)(H,24,25). The van der Waals surface area contributed by atoms with E-state index in [0.717, 1.165) is 10.0 Å². The molecule has 0 radical (unpaired) electrons. The normalized spacial score (nSPS) is 10.2. The van der Waals surface area contributed by atoms with Gasteiger partial charge in [-0.3, -0.25) is 14.4 Å². The van der Waals surface area contributed by atoms with Gasteiger partial charge in [0.2, 0.25) is 11.8 Å². The van der Waals surface area contributed by atoms with Gasteiger partial charge in [-0.15, -0.1) is 0 Å². The van der Waals surface area contributed by atoms with Crippen LogP contribution >= 0.6 is 15.9 Å². The SMILES string of the molecule is Cc1ccc(Br)cc1NC(=O)CCNC(=O)CNC(=O)c1ccccc1F. The molecule has 2 aromatic rings. The fourth-order valence-electron chi connectivity index (χ4n) is 2.22. The number of carbonyl (C=O) groups excluding carboxylic acids is 3. The van der Waals surface area contributed by atoms with Crippen LogP contribution in [0.25, 0.3) is 0 Å². The average Bonchev–Trinajstić information content (AvgIpc) is 2.63. The van der Waals surface area contributed by atoms with Crippen LogP contribution in [0.15, 0.2) is 46.9 Å². The molecule has 8 heteroatoms. The summed E-state index contributed by atoms with van der Waals surface area (Å²) >= 11 is 3.34. The highest BCUT2D eigenvalue weighted by Gasteiger charge is 2.12. The lowest BCUT2D eigenvalue weighted by molar-refractivity contribution is -0.120. The second kappa shape index (κ2) is 9.82. The number of aryl methyl sites for hydroxylation is 1. The topological polar surface area (TPSA) is 87.3 Å². The number of amides is 3. The number of hydrogen-bond donors (Lipinski definition) is 3. The van der Waals surface area contributed by atoms with Crippen LogP contribution in [0.3, 0.4) is 0 Å². The molecule has 0 saturated carbocycles. The van der Waals surface area contributed by atoms with Crippen LogP contribution in [0.5, 0.6) is 0 Å². The molecule has 27 heavy (non-hydrogen) atoms. The molecule has 0 aliphatic carbocycles. The molecule has 142 valence electrons. The predicted molar refractivity (Wildman–Crippen MR) is 104 cm³/mol. The zero-order valence-corrected chi connectivity index (χ0v) is 16.2. The number of anilines is 1. The van der Waals surface area contributed by atoms with Gasteiger partial charge in [-0.25, -0.2) is 4.39 Å². The zero-order valence-electron chi connectivity index (χ0n) is 14.6. The quantitative estimate of drug-likeness (QED) is 0.624. The maximum absolute atomic E-state index is 13.5. The average molecular weight is 436 g/mol. The van der Waals surface area contributed by atoms with E-state index in [2.05, 4.69) is 31.9 Å². The van der Waals surface area contributed by atoms with Crippen molar-refractivity contribution in [2.24, 2.45) is 0 Å². The highest BCUT2D eigenvalue weighted by molar-refractivity contribution is 9.10. The molecule has 0 aliphatic heterocycles. The van der Waals surface area contributed by atoms with Crippen molar-refractivity contribution in [1.82, 2.24) is 10.6 Å². The Hall–Kier alpha value is -2.74. The summed E-state index contributed by atoms with van der Waals surface area (Å²) in [5.74, 6) is -2.04. The predicted octanol–water partition coefficient (Wildman–Crippen LogP) is 2.77. The Morgan fingerprint density at radius 1 is 1.04 bits per heavy atom. The number of hydrogen-bond acceptors (Lipinski definition) is 3. The van der Waals surface area contributed by atoms with Gasteiger partial charge in [0.05, 0.1) is 12.1 Å². The van der Waals surface area contributed by atoms with E-state index in [1.807, 2.05) is 19.1 Å². The Kier molecular flexibility index (Phi) is 7.48. The van der Waals surface area contributed by atoms with Gasteiger partial charge >= 0.3 is 0 Å². The monoisotopic (exact) mass is 435 g/mol. The maximum Gasteiger partial charge on any atom is 0.254 e. The first-order valence-electron chi connectivity index (χ1n) is 8.22. The van der Waals surface area contributed by atoms with Crippen molar-refractivity contribution in [3.8, 4) is 0 Å². The van der Waals surface area contributed by atoms with Crippen molar-refractivity contribution in [2.75, 3.05) is 18.4 Å². The van der Waals surface area contributed by atoms with Crippen LogP contribution < -0.4 is 16.0 Å². The highest BCUT2D eigenvalue weighted by Crippen LogP contribution is 2.20. The molecule has 0 fully saturated rings. The first kappa shape index (κ1) is 20.6. The fourth-order valence-corrected chi connectivity index (χ4v) is 2.58. The summed E-state index contributed by atoms with van der Waals surface area (Å²) < 4.78 is 14.3. The van der Waals surface area contributed by atoms with Gasteiger partial charge in [0, 0.05) is 23.1 Å². The van der Waals surface area contributed by atoms with E-state index in [1.165, 1.54) is 24.3 Å². The minimum atomic E-state index is -0.675. The Morgan fingerprint density at radius 2 is 1.78 bits per heavy atom. The van der Waals surface area contributed by atoms with Crippen LogP contribution in [0.1, 0.15) is 22.3 Å². The summed E-state index contributed by atoms with van der Waals surface area (Å²) in [4.78, 5) is 35.5. The summed E-state index contributed by atoms with van der Waals surface area (Å²) in [5.41, 5.74) is 1.48. The fraction of sp³-hybridized carbons (Fsp3) is 0.211. The van der Waals surface area contributed by atoms with Crippen molar-refractivity contribution in [3.05, 3.63) is 63.9 Å². The summed E-state index contributed by atoms with van der Waals surface area (Å²) in [6, 6.07) is 11.0. The summed E-state index contributed by atoms with van der Waals surface area (Å²) in [5, 5.41) is 7.63. The molecule has 0 aliphatic rings. The minimum absolute atomic E-state index is 0.0823. The summed E-state index contributed by atoms with van der Waals surface area (Å²) in [7, 11) is 0. The molecular weight excluding hydrogens is 417 g/mol. The molecule has 0 atom stereocenters. The number of rotatable bonds is 7. The van der Waals surface area contributed by atoms with Gasteiger partial charge < -0.3 is 16.0 Å². The second-order valence-corrected chi connectivity index (χ2v) is 6.69. The van der Waals surface area contributed by atoms with Crippen molar-refractivity contribution in [1.29, 1.82) is 0 Å². The molecule has 0 saturated heterocycles. The van der Waals surface area contributed by atoms with Gasteiger partial charge in [0.15, 0.2) is 0 Å². The van der Waals surface area contributed by atoms with Crippen molar-refractivity contribution in [3.63, 3.8) is 0 Å². The zero-order chi connectivity index (χ0) is 19.8. The van der Waals surface area contributed by atoms with Crippen molar-refractivity contribution >= 4 is 39.3 Å². The number of carbonyl (C=O) groups is 3. The second-order valence-electron chi connectivity index (χ2n) is 5.77. The van der Waals surface area contributed by atoms with Gasteiger partial charge in [-0.05, 0) is 36.8 Å². The van der Waals surface area contributed by atoms with Crippen LogP contribution in [-0.4, -0.2) is 30.8 Å². The summed E-state index contributed by atoms with van der Waals surface area (Å²) in [6.45, 7) is 1.69. The first-order chi connectivity index (χ1) is 12.9. The molecule has 2 rings (SSSR count). The molecule has 0 heterocycles. The van der Waals surface area contributed by atoms with Crippen LogP contribution in [0, 0.1) is 12.7 Å². The molecule has 0 spiro atoms. The third kappa shape index (κ3) is 6.49. The minimum Gasteiger partial charge on any atom is -0.354 e. The molecule has 6 nitrogen and oxygen atoms in total. The van der Waals surface area contributed by atoms with Crippen LogP contribution in [0.2, 0.25) is 0 Å². The molecule has 2 aromatic carbocycles. The van der Waals surface area contributed by atoms with Gasteiger partial charge in [0.1, 0.15) is 5.82 Å². The third-order valence-electron chi connectivity index (χ3n) is 3.68. The lowest BCUT2D eigenvalue weighted by atomic mass is 10.2. The van der Waals surface area contributed by atoms with Gasteiger partial charge in [0.25, 0.3) is 5.91 Å². The van der Waals surface area contributed by atoms with Gasteiger partial charge in [-0.2, -0.15) is 0 Å². The van der Waals surface area contributed by atoms with E-state index in [0.29, 0.717) is 5.69 Å². The first-order valence-corrected chi connectivity index (χ1v) is 9.01. The Bertz CT molecular complexity index is 858. The summed E-state index contributed by atoms with van der Waals surface area (Å²) in [6.07, 6.45) is 0.0823. The van der Waals surface area contributed by atoms with E-state index in [4.69, 9.17) is 0 Å². The molecular formula is C19H19BrFN3O3. The third-order valence-corrected chi connectivity index (χ3v) is 4.17. The number of halogens is 2. The van der Waals surface area contributed by atoms with Crippen LogP contribution in [-0.2, 0) is 9.59 Å². The Labute approximate surface area is 164 Å². The lowest BCUT2D eigenvalue weighted by Gasteiger charge is -2.10. The van der Waals surface area contributed by atoms with E-state index >= 15 is 0 Å². The van der Waals surface area contributed by atoms with E-state index in [9.17, 15) is 18.8 Å². The van der Waals surface area contributed by atoms with E-state index < -0.39 is 17.6 Å². The Balaban J connectivity index is 1.71. The van der Waals surface area contributed by atoms with E-state index in [1.54, 1.807) is 6.07 Å². The maximum atomic E-state index is 13.5. The molecule has 0 bridgehead atoms. The Morgan fingerprint density at radius 3 is 2.52 bits per heavy atom. The van der Waals surface area contributed by atoms with E-state index in [-0.39, 0.29) is 31.0 Å². The van der Waals surface area contributed by atoms with Crippen molar-refractivity contribution < 1.29 is 18.8 Å².